The predicted octanol–water partition coefficient (Wildman–Crippen LogP) is 14.2. The van der Waals surface area contributed by atoms with Gasteiger partial charge in [-0.15, -0.1) is 22.7 Å². The molecule has 0 saturated heterocycles. The molecule has 242 valence electrons. The van der Waals surface area contributed by atoms with Gasteiger partial charge < -0.3 is 4.90 Å². The Morgan fingerprint density at radius 1 is 0.365 bits per heavy atom. The van der Waals surface area contributed by atoms with Crippen LogP contribution in [0.2, 0.25) is 0 Å². The van der Waals surface area contributed by atoms with Gasteiger partial charge in [-0.1, -0.05) is 127 Å². The Morgan fingerprint density at radius 2 is 0.962 bits per heavy atom. The van der Waals surface area contributed by atoms with Crippen LogP contribution in [0.5, 0.6) is 0 Å². The monoisotopic (exact) mass is 695 g/mol. The highest BCUT2D eigenvalue weighted by Gasteiger charge is 2.51. The average Bonchev–Trinajstić information content (AvgIpc) is 3.94. The van der Waals surface area contributed by atoms with Crippen LogP contribution >= 0.6 is 22.7 Å². The van der Waals surface area contributed by atoms with Crippen molar-refractivity contribution < 1.29 is 0 Å². The van der Waals surface area contributed by atoms with Gasteiger partial charge in [0.1, 0.15) is 0 Å². The molecule has 0 radical (unpaired) electrons. The van der Waals surface area contributed by atoms with Crippen molar-refractivity contribution in [2.24, 2.45) is 0 Å². The maximum absolute atomic E-state index is 2.50. The third-order valence-corrected chi connectivity index (χ3v) is 13.8. The van der Waals surface area contributed by atoms with E-state index in [1.165, 1.54) is 90.5 Å². The minimum atomic E-state index is -0.401. The summed E-state index contributed by atoms with van der Waals surface area (Å²) >= 11 is 3.82. The molecule has 2 aliphatic rings. The molecular weight excluding hydrogens is 667 g/mol. The molecule has 0 bridgehead atoms. The Balaban J connectivity index is 1.18. The largest absolute Gasteiger partial charge is 0.310 e. The highest BCUT2D eigenvalue weighted by molar-refractivity contribution is 7.29. The topological polar surface area (TPSA) is 3.24 Å². The zero-order valence-corrected chi connectivity index (χ0v) is 29.6. The normalized spacial score (nSPS) is 13.5. The van der Waals surface area contributed by atoms with E-state index in [9.17, 15) is 0 Å². The lowest BCUT2D eigenvalue weighted by Crippen LogP contribution is -2.26. The summed E-state index contributed by atoms with van der Waals surface area (Å²) in [6.45, 7) is 0. The fraction of sp³-hybridized carbons (Fsp3) is 0.0204. The molecular formula is C49H29NS2. The minimum Gasteiger partial charge on any atom is -0.310 e. The van der Waals surface area contributed by atoms with Crippen LogP contribution in [-0.2, 0) is 5.41 Å². The molecule has 2 aromatic heterocycles. The van der Waals surface area contributed by atoms with Gasteiger partial charge in [0.05, 0.1) is 11.1 Å². The molecule has 52 heavy (non-hydrogen) atoms. The first-order valence-corrected chi connectivity index (χ1v) is 19.5. The molecule has 0 fully saturated rings. The van der Waals surface area contributed by atoms with E-state index in [1.54, 1.807) is 0 Å². The van der Waals surface area contributed by atoms with Crippen LogP contribution in [0.1, 0.15) is 22.3 Å². The number of hydrogen-bond donors (Lipinski definition) is 0. The van der Waals surface area contributed by atoms with Crippen molar-refractivity contribution in [2.45, 2.75) is 5.41 Å². The molecule has 0 N–H and O–H groups in total. The maximum atomic E-state index is 2.50. The van der Waals surface area contributed by atoms with Crippen LogP contribution in [0.25, 0.3) is 62.6 Å². The highest BCUT2D eigenvalue weighted by atomic mass is 32.1. The molecule has 0 atom stereocenters. The molecule has 1 spiro atoms. The first-order chi connectivity index (χ1) is 25.8. The molecule has 0 saturated carbocycles. The summed E-state index contributed by atoms with van der Waals surface area (Å²) in [7, 11) is 0. The number of hydrogen-bond acceptors (Lipinski definition) is 3. The van der Waals surface area contributed by atoms with Crippen molar-refractivity contribution in [1.29, 1.82) is 0 Å². The highest BCUT2D eigenvalue weighted by Crippen LogP contribution is 2.63. The van der Waals surface area contributed by atoms with Crippen LogP contribution in [0.15, 0.2) is 176 Å². The van der Waals surface area contributed by atoms with Gasteiger partial charge in [0, 0.05) is 51.7 Å². The van der Waals surface area contributed by atoms with Crippen molar-refractivity contribution >= 4 is 80.1 Å². The first-order valence-electron chi connectivity index (χ1n) is 17.9. The fourth-order valence-electron chi connectivity index (χ4n) is 9.48. The van der Waals surface area contributed by atoms with Gasteiger partial charge in [-0.05, 0) is 93.0 Å². The molecule has 3 heteroatoms. The zero-order chi connectivity index (χ0) is 34.0. The Labute approximate surface area is 309 Å². The minimum absolute atomic E-state index is 0.401. The first kappa shape index (κ1) is 28.7. The summed E-state index contributed by atoms with van der Waals surface area (Å²) < 4.78 is 5.34. The second-order valence-corrected chi connectivity index (χ2v) is 16.1. The van der Waals surface area contributed by atoms with E-state index in [0.717, 1.165) is 11.4 Å². The molecule has 0 unspecified atom stereocenters. The SMILES string of the molecule is c1ccc(N(c2ccc3c(c2)C2(c4ccccc4-c4ccccc42)c2ccccc2-3)c2cccc3sc4ccc5c6ccccc6sc5c4c23)cc1. The summed E-state index contributed by atoms with van der Waals surface area (Å²) in [4.78, 5) is 2.50. The third kappa shape index (κ3) is 3.62. The molecule has 2 heterocycles. The lowest BCUT2D eigenvalue weighted by Gasteiger charge is -2.32. The van der Waals surface area contributed by atoms with Crippen LogP contribution in [0.4, 0.5) is 17.1 Å². The van der Waals surface area contributed by atoms with E-state index in [-0.39, 0.29) is 0 Å². The zero-order valence-electron chi connectivity index (χ0n) is 28.0. The molecule has 0 amide bonds. The molecule has 10 aromatic rings. The summed E-state index contributed by atoms with van der Waals surface area (Å²) in [5.41, 5.74) is 13.8. The average molecular weight is 696 g/mol. The van der Waals surface area contributed by atoms with E-state index in [0.29, 0.717) is 0 Å². The summed E-state index contributed by atoms with van der Waals surface area (Å²) in [6, 6.07) is 65.7. The number of para-hydroxylation sites is 1. The standard InChI is InChI=1S/C49H29NS2/c1-2-13-30(14-3-1)50(42-22-12-24-44-46(42)47-45(51-44)28-27-37-36-18-7-11-23-43(36)52-48(37)47)31-25-26-35-34-17-6-10-21-40(34)49(41(35)29-31)38-19-8-4-15-32(38)33-16-5-9-20-39(33)49/h1-29H. The smallest absolute Gasteiger partial charge is 0.0726 e. The van der Waals surface area contributed by atoms with Crippen LogP contribution in [-0.4, -0.2) is 0 Å². The van der Waals surface area contributed by atoms with Crippen LogP contribution < -0.4 is 4.90 Å². The Kier molecular flexibility index (Phi) is 5.80. The molecule has 8 aromatic carbocycles. The van der Waals surface area contributed by atoms with Crippen LogP contribution in [0.3, 0.4) is 0 Å². The number of thiophene rings is 2. The Bertz CT molecular complexity index is 3030. The van der Waals surface area contributed by atoms with E-state index in [4.69, 9.17) is 0 Å². The number of fused-ring (bicyclic) bond motifs is 17. The quantitative estimate of drug-likeness (QED) is 0.178. The Hall–Kier alpha value is -6.00. The maximum Gasteiger partial charge on any atom is 0.0726 e. The van der Waals surface area contributed by atoms with Gasteiger partial charge in [-0.3, -0.25) is 0 Å². The predicted molar refractivity (Wildman–Crippen MR) is 223 cm³/mol. The van der Waals surface area contributed by atoms with Gasteiger partial charge in [0.15, 0.2) is 0 Å². The lowest BCUT2D eigenvalue weighted by molar-refractivity contribution is 0.793. The van der Waals surface area contributed by atoms with E-state index in [2.05, 4.69) is 181 Å². The van der Waals surface area contributed by atoms with Crippen molar-refractivity contribution in [3.05, 3.63) is 198 Å². The van der Waals surface area contributed by atoms with Gasteiger partial charge in [0.25, 0.3) is 0 Å². The summed E-state index contributed by atoms with van der Waals surface area (Å²) in [5, 5.41) is 5.35. The molecule has 2 aliphatic carbocycles. The number of anilines is 3. The van der Waals surface area contributed by atoms with E-state index < -0.39 is 5.41 Å². The fourth-order valence-corrected chi connectivity index (χ4v) is 11.9. The molecule has 1 nitrogen and oxygen atoms in total. The number of rotatable bonds is 3. The van der Waals surface area contributed by atoms with Crippen LogP contribution in [0, 0.1) is 0 Å². The summed E-state index contributed by atoms with van der Waals surface area (Å²) in [5.74, 6) is 0. The summed E-state index contributed by atoms with van der Waals surface area (Å²) in [6.07, 6.45) is 0. The van der Waals surface area contributed by atoms with Gasteiger partial charge >= 0.3 is 0 Å². The van der Waals surface area contributed by atoms with Crippen molar-refractivity contribution in [3.8, 4) is 22.3 Å². The lowest BCUT2D eigenvalue weighted by atomic mass is 9.70. The van der Waals surface area contributed by atoms with Gasteiger partial charge in [-0.2, -0.15) is 0 Å². The van der Waals surface area contributed by atoms with Crippen molar-refractivity contribution in [1.82, 2.24) is 0 Å². The number of nitrogens with zero attached hydrogens (tertiary/aromatic N) is 1. The second-order valence-electron chi connectivity index (χ2n) is 14.0. The molecule has 0 aliphatic heterocycles. The second kappa shape index (κ2) is 10.5. The van der Waals surface area contributed by atoms with Crippen molar-refractivity contribution in [3.63, 3.8) is 0 Å². The van der Waals surface area contributed by atoms with Gasteiger partial charge in [-0.25, -0.2) is 0 Å². The van der Waals surface area contributed by atoms with E-state index in [1.807, 2.05) is 22.7 Å². The number of benzene rings is 8. The van der Waals surface area contributed by atoms with Crippen molar-refractivity contribution in [2.75, 3.05) is 4.90 Å². The Morgan fingerprint density at radius 3 is 1.69 bits per heavy atom. The van der Waals surface area contributed by atoms with Gasteiger partial charge in [0.2, 0.25) is 0 Å². The molecule has 12 rings (SSSR count). The third-order valence-electron chi connectivity index (χ3n) is 11.5. The van der Waals surface area contributed by atoms with E-state index >= 15 is 0 Å².